The van der Waals surface area contributed by atoms with Crippen molar-refractivity contribution < 1.29 is 9.53 Å². The number of nitrogens with zero attached hydrogens (tertiary/aromatic N) is 3. The van der Waals surface area contributed by atoms with E-state index in [1.807, 2.05) is 17.2 Å². The van der Waals surface area contributed by atoms with Gasteiger partial charge in [-0.15, -0.1) is 0 Å². The Morgan fingerprint density at radius 2 is 2.26 bits per heavy atom. The van der Waals surface area contributed by atoms with E-state index in [9.17, 15) is 4.79 Å². The molecule has 0 saturated carbocycles. The van der Waals surface area contributed by atoms with Crippen LogP contribution in [0.1, 0.15) is 25.8 Å². The average Bonchev–Trinajstić information content (AvgIpc) is 2.67. The van der Waals surface area contributed by atoms with Crippen LogP contribution >= 0.6 is 0 Å². The summed E-state index contributed by atoms with van der Waals surface area (Å²) >= 11 is 0. The second-order valence-corrected chi connectivity index (χ2v) is 7.47. The molecular formula is C18H27N3O2. The third-order valence-corrected chi connectivity index (χ3v) is 4.64. The van der Waals surface area contributed by atoms with Gasteiger partial charge in [0.1, 0.15) is 0 Å². The Labute approximate surface area is 138 Å². The van der Waals surface area contributed by atoms with Crippen LogP contribution in [0.15, 0.2) is 24.5 Å². The monoisotopic (exact) mass is 317 g/mol. The van der Waals surface area contributed by atoms with Gasteiger partial charge in [0.05, 0.1) is 13.2 Å². The molecule has 2 aliphatic heterocycles. The largest absolute Gasteiger partial charge is 0.379 e. The summed E-state index contributed by atoms with van der Waals surface area (Å²) in [6.07, 6.45) is 4.34. The molecule has 5 nitrogen and oxygen atoms in total. The summed E-state index contributed by atoms with van der Waals surface area (Å²) in [6.45, 7) is 10.1. The smallest absolute Gasteiger partial charge is 0.223 e. The second-order valence-electron chi connectivity index (χ2n) is 7.47. The van der Waals surface area contributed by atoms with E-state index < -0.39 is 0 Å². The fourth-order valence-corrected chi connectivity index (χ4v) is 3.76. The number of hydrogen-bond acceptors (Lipinski definition) is 4. The van der Waals surface area contributed by atoms with Gasteiger partial charge in [-0.05, 0) is 17.5 Å². The maximum Gasteiger partial charge on any atom is 0.223 e. The standard InChI is InChI=1S/C18H27N3O2/c1-15(2)10-21-13-18(8-17(21)22)12-20(6-7-23-14-18)11-16-4-3-5-19-9-16/h3-5,9,15H,6-8,10-14H2,1-2H3. The Morgan fingerprint density at radius 1 is 1.39 bits per heavy atom. The first-order valence-corrected chi connectivity index (χ1v) is 8.53. The van der Waals surface area contributed by atoms with Crippen molar-refractivity contribution >= 4 is 5.91 Å². The molecule has 3 rings (SSSR count). The lowest BCUT2D eigenvalue weighted by Crippen LogP contribution is -2.41. The summed E-state index contributed by atoms with van der Waals surface area (Å²) in [6, 6.07) is 4.08. The highest BCUT2D eigenvalue weighted by Crippen LogP contribution is 2.35. The minimum atomic E-state index is -0.0509. The van der Waals surface area contributed by atoms with Crippen LogP contribution in [0.2, 0.25) is 0 Å². The zero-order chi connectivity index (χ0) is 16.3. The van der Waals surface area contributed by atoms with Crippen molar-refractivity contribution in [2.24, 2.45) is 11.3 Å². The highest BCUT2D eigenvalue weighted by Gasteiger charge is 2.45. The van der Waals surface area contributed by atoms with Gasteiger partial charge in [-0.3, -0.25) is 14.7 Å². The minimum Gasteiger partial charge on any atom is -0.379 e. The lowest BCUT2D eigenvalue weighted by Gasteiger charge is -2.31. The SMILES string of the molecule is CC(C)CN1CC2(COCCN(Cc3cccnc3)C2)CC1=O. The van der Waals surface area contributed by atoms with Crippen molar-refractivity contribution in [1.82, 2.24) is 14.8 Å². The number of rotatable bonds is 4. The Balaban J connectivity index is 1.68. The molecule has 0 radical (unpaired) electrons. The van der Waals surface area contributed by atoms with Crippen molar-refractivity contribution in [2.75, 3.05) is 39.4 Å². The number of pyridine rings is 1. The van der Waals surface area contributed by atoms with Crippen LogP contribution in [0, 0.1) is 11.3 Å². The third-order valence-electron chi connectivity index (χ3n) is 4.64. The molecule has 2 saturated heterocycles. The molecule has 5 heteroatoms. The molecule has 23 heavy (non-hydrogen) atoms. The molecule has 2 fully saturated rings. The summed E-state index contributed by atoms with van der Waals surface area (Å²) < 4.78 is 5.87. The maximum atomic E-state index is 12.4. The molecule has 1 atom stereocenters. The lowest BCUT2D eigenvalue weighted by molar-refractivity contribution is -0.128. The molecule has 1 aromatic heterocycles. The summed E-state index contributed by atoms with van der Waals surface area (Å²) in [5.74, 6) is 0.790. The first kappa shape index (κ1) is 16.4. The van der Waals surface area contributed by atoms with Crippen LogP contribution < -0.4 is 0 Å². The number of ether oxygens (including phenoxy) is 1. The van der Waals surface area contributed by atoms with Gasteiger partial charge in [0.15, 0.2) is 0 Å². The average molecular weight is 317 g/mol. The van der Waals surface area contributed by atoms with Gasteiger partial charge in [-0.2, -0.15) is 0 Å². The first-order chi connectivity index (χ1) is 11.1. The van der Waals surface area contributed by atoms with Gasteiger partial charge in [0.2, 0.25) is 5.91 Å². The number of carbonyl (C=O) groups is 1. The summed E-state index contributed by atoms with van der Waals surface area (Å²) in [4.78, 5) is 21.0. The Morgan fingerprint density at radius 3 is 3.00 bits per heavy atom. The second kappa shape index (κ2) is 6.97. The lowest BCUT2D eigenvalue weighted by atomic mass is 9.87. The molecule has 3 heterocycles. The molecular weight excluding hydrogens is 290 g/mol. The van der Waals surface area contributed by atoms with E-state index in [2.05, 4.69) is 29.8 Å². The van der Waals surface area contributed by atoms with Gasteiger partial charge < -0.3 is 9.64 Å². The van der Waals surface area contributed by atoms with Crippen molar-refractivity contribution in [1.29, 1.82) is 0 Å². The molecule has 0 aromatic carbocycles. The van der Waals surface area contributed by atoms with Crippen molar-refractivity contribution in [2.45, 2.75) is 26.8 Å². The summed E-state index contributed by atoms with van der Waals surface area (Å²) in [7, 11) is 0. The van der Waals surface area contributed by atoms with E-state index >= 15 is 0 Å². The molecule has 0 bridgehead atoms. The number of hydrogen-bond donors (Lipinski definition) is 0. The van der Waals surface area contributed by atoms with E-state index in [0.717, 1.165) is 39.3 Å². The zero-order valence-electron chi connectivity index (χ0n) is 14.2. The molecule has 1 unspecified atom stereocenters. The molecule has 1 aromatic rings. The molecule has 0 aliphatic carbocycles. The normalized spacial score (nSPS) is 26.2. The van der Waals surface area contributed by atoms with Gasteiger partial charge in [0.25, 0.3) is 0 Å². The summed E-state index contributed by atoms with van der Waals surface area (Å²) in [5.41, 5.74) is 1.16. The van der Waals surface area contributed by atoms with E-state index in [4.69, 9.17) is 4.74 Å². The van der Waals surface area contributed by atoms with Gasteiger partial charge in [0, 0.05) is 57.0 Å². The van der Waals surface area contributed by atoms with Crippen molar-refractivity contribution in [3.8, 4) is 0 Å². The molecule has 2 aliphatic rings. The molecule has 0 N–H and O–H groups in total. The van der Waals surface area contributed by atoms with Crippen LogP contribution in [0.5, 0.6) is 0 Å². The fourth-order valence-electron chi connectivity index (χ4n) is 3.76. The number of amides is 1. The zero-order valence-corrected chi connectivity index (χ0v) is 14.2. The van der Waals surface area contributed by atoms with Gasteiger partial charge in [-0.25, -0.2) is 0 Å². The van der Waals surface area contributed by atoms with E-state index in [0.29, 0.717) is 18.9 Å². The Hall–Kier alpha value is -1.46. The number of aromatic nitrogens is 1. The Kier molecular flexibility index (Phi) is 4.97. The highest BCUT2D eigenvalue weighted by atomic mass is 16.5. The van der Waals surface area contributed by atoms with Gasteiger partial charge >= 0.3 is 0 Å². The van der Waals surface area contributed by atoms with Gasteiger partial charge in [-0.1, -0.05) is 19.9 Å². The Bertz CT molecular complexity index is 534. The van der Waals surface area contributed by atoms with E-state index in [1.54, 1.807) is 6.20 Å². The first-order valence-electron chi connectivity index (χ1n) is 8.53. The fraction of sp³-hybridized carbons (Fsp3) is 0.667. The predicted molar refractivity (Wildman–Crippen MR) is 88.8 cm³/mol. The summed E-state index contributed by atoms with van der Waals surface area (Å²) in [5, 5.41) is 0. The predicted octanol–water partition coefficient (Wildman–Crippen LogP) is 1.79. The van der Waals surface area contributed by atoms with E-state index in [1.165, 1.54) is 5.56 Å². The van der Waals surface area contributed by atoms with Crippen LogP contribution in [0.4, 0.5) is 0 Å². The van der Waals surface area contributed by atoms with Crippen LogP contribution in [0.25, 0.3) is 0 Å². The van der Waals surface area contributed by atoms with E-state index in [-0.39, 0.29) is 11.3 Å². The number of likely N-dealkylation sites (tertiary alicyclic amines) is 1. The van der Waals surface area contributed by atoms with Crippen molar-refractivity contribution in [3.05, 3.63) is 30.1 Å². The third kappa shape index (κ3) is 4.09. The maximum absolute atomic E-state index is 12.4. The van der Waals surface area contributed by atoms with Crippen LogP contribution in [0.3, 0.4) is 0 Å². The topological polar surface area (TPSA) is 45.7 Å². The number of carbonyl (C=O) groups excluding carboxylic acids is 1. The minimum absolute atomic E-state index is 0.0509. The quantitative estimate of drug-likeness (QED) is 0.849. The molecule has 1 amide bonds. The van der Waals surface area contributed by atoms with Crippen LogP contribution in [-0.2, 0) is 16.1 Å². The van der Waals surface area contributed by atoms with Crippen molar-refractivity contribution in [3.63, 3.8) is 0 Å². The van der Waals surface area contributed by atoms with Crippen LogP contribution in [-0.4, -0.2) is 60.1 Å². The highest BCUT2D eigenvalue weighted by molar-refractivity contribution is 5.79. The molecule has 1 spiro atoms. The molecule has 126 valence electrons.